The van der Waals surface area contributed by atoms with E-state index in [9.17, 15) is 4.79 Å². The average Bonchev–Trinajstić information content (AvgIpc) is 3.26. The van der Waals surface area contributed by atoms with Crippen molar-refractivity contribution in [2.45, 2.75) is 64.3 Å². The Kier molecular flexibility index (Phi) is 9.42. The number of nitrogens with one attached hydrogen (secondary N) is 1. The fourth-order valence-corrected chi connectivity index (χ4v) is 5.05. The molecule has 0 atom stereocenters. The Balaban J connectivity index is 1.30. The van der Waals surface area contributed by atoms with Crippen molar-refractivity contribution in [2.75, 3.05) is 20.3 Å². The van der Waals surface area contributed by atoms with Gasteiger partial charge in [-0.3, -0.25) is 4.79 Å². The van der Waals surface area contributed by atoms with Crippen LogP contribution in [0.15, 0.2) is 55.1 Å². The Labute approximate surface area is 214 Å². The van der Waals surface area contributed by atoms with Gasteiger partial charge >= 0.3 is 0 Å². The summed E-state index contributed by atoms with van der Waals surface area (Å²) in [5.74, 6) is 2.96. The lowest BCUT2D eigenvalue weighted by molar-refractivity contribution is -0.125. The van der Waals surface area contributed by atoms with Gasteiger partial charge in [0.2, 0.25) is 5.91 Å². The number of hydrogen-bond donors (Lipinski definition) is 1. The molecule has 1 amide bonds. The molecule has 192 valence electrons. The third-order valence-corrected chi connectivity index (χ3v) is 7.00. The molecule has 2 aromatic carbocycles. The molecule has 4 rings (SSSR count). The number of ether oxygens (including phenoxy) is 2. The van der Waals surface area contributed by atoms with Crippen molar-refractivity contribution in [1.82, 2.24) is 14.9 Å². The van der Waals surface area contributed by atoms with Crippen LogP contribution in [0, 0.1) is 5.92 Å². The maximum absolute atomic E-state index is 12.5. The van der Waals surface area contributed by atoms with Crippen molar-refractivity contribution < 1.29 is 14.3 Å². The van der Waals surface area contributed by atoms with Gasteiger partial charge in [0.05, 0.1) is 24.8 Å². The highest BCUT2D eigenvalue weighted by atomic mass is 16.5. The van der Waals surface area contributed by atoms with E-state index >= 15 is 0 Å². The van der Waals surface area contributed by atoms with Gasteiger partial charge in [0.25, 0.3) is 0 Å². The molecule has 1 N–H and O–H groups in total. The standard InChI is InChI=1S/C30H39N3O3/c1-3-11-23-16-17-27(28(22-23)35-2)36-21-10-9-20-33-26-15-8-7-14-25(26)32-29(33)18-19-31-30(34)24-12-5-4-6-13-24/h3,7-8,14-17,22,24H,1,4-6,9-13,18-21H2,2H3,(H,31,34). The number of benzene rings is 2. The summed E-state index contributed by atoms with van der Waals surface area (Å²) in [7, 11) is 1.67. The summed E-state index contributed by atoms with van der Waals surface area (Å²) in [4.78, 5) is 17.4. The van der Waals surface area contributed by atoms with Crippen molar-refractivity contribution in [3.8, 4) is 11.5 Å². The molecule has 1 aliphatic carbocycles. The van der Waals surface area contributed by atoms with Crippen LogP contribution in [0.5, 0.6) is 11.5 Å². The number of rotatable bonds is 13. The molecule has 0 saturated heterocycles. The van der Waals surface area contributed by atoms with Crippen LogP contribution < -0.4 is 14.8 Å². The predicted molar refractivity (Wildman–Crippen MR) is 145 cm³/mol. The number of unbranched alkanes of at least 4 members (excludes halogenated alkanes) is 1. The molecule has 1 fully saturated rings. The molecule has 1 aliphatic rings. The van der Waals surface area contributed by atoms with Gasteiger partial charge in [-0.1, -0.05) is 43.5 Å². The van der Waals surface area contributed by atoms with Crippen molar-refractivity contribution in [3.05, 3.63) is 66.5 Å². The van der Waals surface area contributed by atoms with Crippen molar-refractivity contribution in [2.24, 2.45) is 5.92 Å². The normalized spacial score (nSPS) is 14.0. The monoisotopic (exact) mass is 489 g/mol. The van der Waals surface area contributed by atoms with Crippen molar-refractivity contribution in [3.63, 3.8) is 0 Å². The van der Waals surface area contributed by atoms with Crippen LogP contribution in [0.3, 0.4) is 0 Å². The zero-order chi connectivity index (χ0) is 25.2. The number of carbonyl (C=O) groups is 1. The maximum Gasteiger partial charge on any atom is 0.223 e. The van der Waals surface area contributed by atoms with Gasteiger partial charge in [-0.05, 0) is 61.9 Å². The van der Waals surface area contributed by atoms with Crippen molar-refractivity contribution in [1.29, 1.82) is 0 Å². The molecule has 0 unspecified atom stereocenters. The highest BCUT2D eigenvalue weighted by molar-refractivity contribution is 5.78. The summed E-state index contributed by atoms with van der Waals surface area (Å²) >= 11 is 0. The number of imidazole rings is 1. The molecule has 0 radical (unpaired) electrons. The number of aryl methyl sites for hydroxylation is 1. The first-order valence-corrected chi connectivity index (χ1v) is 13.3. The van der Waals surface area contributed by atoms with E-state index in [1.807, 2.05) is 24.3 Å². The molecule has 6 nitrogen and oxygen atoms in total. The molecule has 1 saturated carbocycles. The Hall–Kier alpha value is -3.28. The van der Waals surface area contributed by atoms with Crippen LogP contribution in [-0.2, 0) is 24.2 Å². The number of fused-ring (bicyclic) bond motifs is 1. The van der Waals surface area contributed by atoms with E-state index in [4.69, 9.17) is 14.5 Å². The summed E-state index contributed by atoms with van der Waals surface area (Å²) in [6.45, 7) is 5.91. The van der Waals surface area contributed by atoms with Crippen LogP contribution in [0.25, 0.3) is 11.0 Å². The number of aromatic nitrogens is 2. The van der Waals surface area contributed by atoms with Crippen LogP contribution in [0.2, 0.25) is 0 Å². The van der Waals surface area contributed by atoms with E-state index in [1.165, 1.54) is 19.3 Å². The SMILES string of the molecule is C=CCc1ccc(OCCCCn2c(CCNC(=O)C3CCCCC3)nc3ccccc32)c(OC)c1. The number of carbonyl (C=O) groups excluding carboxylic acids is 1. The van der Waals surface area contributed by atoms with Gasteiger partial charge < -0.3 is 19.4 Å². The van der Waals surface area contributed by atoms with Crippen LogP contribution in [0.4, 0.5) is 0 Å². The van der Waals surface area contributed by atoms with Gasteiger partial charge in [0.1, 0.15) is 5.82 Å². The molecule has 0 aliphatic heterocycles. The summed E-state index contributed by atoms with van der Waals surface area (Å²) < 4.78 is 13.8. The molecule has 0 bridgehead atoms. The van der Waals surface area contributed by atoms with Crippen molar-refractivity contribution >= 4 is 16.9 Å². The lowest BCUT2D eigenvalue weighted by Crippen LogP contribution is -2.33. The topological polar surface area (TPSA) is 65.4 Å². The Morgan fingerprint density at radius 2 is 1.97 bits per heavy atom. The highest BCUT2D eigenvalue weighted by Crippen LogP contribution is 2.29. The number of para-hydroxylation sites is 2. The largest absolute Gasteiger partial charge is 0.493 e. The lowest BCUT2D eigenvalue weighted by Gasteiger charge is -2.20. The minimum Gasteiger partial charge on any atom is -0.493 e. The molecule has 3 aromatic rings. The fraction of sp³-hybridized carbons (Fsp3) is 0.467. The minimum absolute atomic E-state index is 0.189. The van der Waals surface area contributed by atoms with E-state index in [-0.39, 0.29) is 11.8 Å². The Morgan fingerprint density at radius 1 is 1.14 bits per heavy atom. The van der Waals surface area contributed by atoms with Gasteiger partial charge in [-0.15, -0.1) is 6.58 Å². The Morgan fingerprint density at radius 3 is 2.78 bits per heavy atom. The molecule has 0 spiro atoms. The molecule has 36 heavy (non-hydrogen) atoms. The maximum atomic E-state index is 12.5. The molecule has 6 heteroatoms. The predicted octanol–water partition coefficient (Wildman–Crippen LogP) is 5.87. The average molecular weight is 490 g/mol. The lowest BCUT2D eigenvalue weighted by atomic mass is 9.89. The van der Waals surface area contributed by atoms with Crippen LogP contribution in [0.1, 0.15) is 56.3 Å². The second kappa shape index (κ2) is 13.1. The number of allylic oxidation sites excluding steroid dienone is 1. The first-order valence-electron chi connectivity index (χ1n) is 13.3. The quantitative estimate of drug-likeness (QED) is 0.241. The van der Waals surface area contributed by atoms with E-state index < -0.39 is 0 Å². The van der Waals surface area contributed by atoms with E-state index in [0.717, 1.165) is 79.0 Å². The Bertz CT molecular complexity index is 1150. The fourth-order valence-electron chi connectivity index (χ4n) is 5.05. The van der Waals surface area contributed by atoms with Crippen LogP contribution >= 0.6 is 0 Å². The number of hydrogen-bond acceptors (Lipinski definition) is 4. The third kappa shape index (κ3) is 6.68. The zero-order valence-corrected chi connectivity index (χ0v) is 21.5. The second-order valence-electron chi connectivity index (χ2n) is 9.58. The second-order valence-corrected chi connectivity index (χ2v) is 9.58. The number of nitrogens with zero attached hydrogens (tertiary/aromatic N) is 2. The summed E-state index contributed by atoms with van der Waals surface area (Å²) in [5.41, 5.74) is 3.31. The molecule has 1 heterocycles. The molecular weight excluding hydrogens is 450 g/mol. The van der Waals surface area contributed by atoms with Crippen LogP contribution in [-0.4, -0.2) is 35.7 Å². The van der Waals surface area contributed by atoms with Gasteiger partial charge in [-0.25, -0.2) is 4.98 Å². The summed E-state index contributed by atoms with van der Waals surface area (Å²) in [6, 6.07) is 14.3. The summed E-state index contributed by atoms with van der Waals surface area (Å²) in [5, 5.41) is 3.16. The summed E-state index contributed by atoms with van der Waals surface area (Å²) in [6.07, 6.45) is 11.0. The van der Waals surface area contributed by atoms with Gasteiger partial charge in [0, 0.05) is 25.4 Å². The number of amides is 1. The van der Waals surface area contributed by atoms with Gasteiger partial charge in [-0.2, -0.15) is 0 Å². The van der Waals surface area contributed by atoms with Gasteiger partial charge in [0.15, 0.2) is 11.5 Å². The minimum atomic E-state index is 0.189. The number of methoxy groups -OCH3 is 1. The highest BCUT2D eigenvalue weighted by Gasteiger charge is 2.20. The zero-order valence-electron chi connectivity index (χ0n) is 21.5. The smallest absolute Gasteiger partial charge is 0.223 e. The first-order chi connectivity index (χ1) is 17.7. The molecular formula is C30H39N3O3. The van der Waals surface area contributed by atoms with E-state index in [2.05, 4.69) is 40.7 Å². The van der Waals surface area contributed by atoms with E-state index in [0.29, 0.717) is 13.2 Å². The third-order valence-electron chi connectivity index (χ3n) is 7.00. The van der Waals surface area contributed by atoms with E-state index in [1.54, 1.807) is 7.11 Å². The first kappa shape index (κ1) is 25.8. The molecule has 1 aromatic heterocycles.